The molecule has 0 radical (unpaired) electrons. The van der Waals surface area contributed by atoms with Gasteiger partial charge >= 0.3 is 12.2 Å². The van der Waals surface area contributed by atoms with Gasteiger partial charge in [-0.15, -0.1) is 0 Å². The zero-order valence-corrected chi connectivity index (χ0v) is 20.8. The Labute approximate surface area is 214 Å². The van der Waals surface area contributed by atoms with E-state index < -0.39 is 18.2 Å². The highest BCUT2D eigenvalue weighted by atomic mass is 35.5. The number of aromatic nitrogens is 1. The molecule has 2 amide bonds. The summed E-state index contributed by atoms with van der Waals surface area (Å²) >= 11 is 6.29. The number of rotatable bonds is 4. The molecule has 2 N–H and O–H groups in total. The lowest BCUT2D eigenvalue weighted by molar-refractivity contribution is 0.135. The molecule has 184 valence electrons. The molecule has 0 saturated carbocycles. The molecule has 36 heavy (non-hydrogen) atoms. The van der Waals surface area contributed by atoms with E-state index in [1.54, 1.807) is 36.1 Å². The number of ether oxygens (including phenoxy) is 2. The van der Waals surface area contributed by atoms with Crippen molar-refractivity contribution >= 4 is 40.4 Å². The third-order valence-electron chi connectivity index (χ3n) is 6.30. The van der Waals surface area contributed by atoms with Crippen LogP contribution in [0.5, 0.6) is 5.75 Å². The van der Waals surface area contributed by atoms with E-state index in [9.17, 15) is 9.59 Å². The Morgan fingerprint density at radius 3 is 2.56 bits per heavy atom. The van der Waals surface area contributed by atoms with Crippen LogP contribution in [0.25, 0.3) is 10.9 Å². The normalized spacial score (nSPS) is 14.9. The van der Waals surface area contributed by atoms with Gasteiger partial charge in [0.2, 0.25) is 0 Å². The first-order valence-corrected chi connectivity index (χ1v) is 12.2. The van der Waals surface area contributed by atoms with Crippen LogP contribution >= 0.6 is 11.6 Å². The molecule has 1 aromatic heterocycles. The number of anilines is 1. The molecule has 3 aromatic carbocycles. The summed E-state index contributed by atoms with van der Waals surface area (Å²) in [5.74, 6) is 0.493. The van der Waals surface area contributed by atoms with Crippen LogP contribution in [0.2, 0.25) is 5.02 Å². The summed E-state index contributed by atoms with van der Waals surface area (Å²) < 4.78 is 10.7. The number of hydrogen-bond donors (Lipinski definition) is 2. The molecule has 0 fully saturated rings. The van der Waals surface area contributed by atoms with E-state index in [-0.39, 0.29) is 6.61 Å². The predicted molar refractivity (Wildman–Crippen MR) is 140 cm³/mol. The first-order valence-electron chi connectivity index (χ1n) is 11.8. The predicted octanol–water partition coefficient (Wildman–Crippen LogP) is 6.84. The van der Waals surface area contributed by atoms with Crippen molar-refractivity contribution in [3.05, 3.63) is 94.1 Å². The average Bonchev–Trinajstić information content (AvgIpc) is 3.23. The molecule has 1 atom stereocenters. The molecular formula is C28H26ClN3O4. The van der Waals surface area contributed by atoms with Gasteiger partial charge in [0.25, 0.3) is 0 Å². The topological polar surface area (TPSA) is 83.7 Å². The Morgan fingerprint density at radius 1 is 1.08 bits per heavy atom. The summed E-state index contributed by atoms with van der Waals surface area (Å²) in [6.45, 7) is 4.50. The van der Waals surface area contributed by atoms with Gasteiger partial charge in [-0.3, -0.25) is 10.2 Å². The fraction of sp³-hybridized carbons (Fsp3) is 0.214. The lowest BCUT2D eigenvalue weighted by Crippen LogP contribution is -2.42. The van der Waals surface area contributed by atoms with Gasteiger partial charge in [-0.2, -0.15) is 0 Å². The Balaban J connectivity index is 1.51. The van der Waals surface area contributed by atoms with E-state index in [1.807, 2.05) is 49.4 Å². The van der Waals surface area contributed by atoms with Crippen molar-refractivity contribution in [3.63, 3.8) is 0 Å². The lowest BCUT2D eigenvalue weighted by Gasteiger charge is -2.35. The number of nitrogens with zero attached hydrogens (tertiary/aromatic N) is 1. The number of H-pyrrole nitrogens is 1. The van der Waals surface area contributed by atoms with E-state index >= 15 is 0 Å². The van der Waals surface area contributed by atoms with Gasteiger partial charge in [-0.25, -0.2) is 9.59 Å². The smallest absolute Gasteiger partial charge is 0.416 e. The van der Waals surface area contributed by atoms with Crippen LogP contribution in [0, 0.1) is 6.92 Å². The van der Waals surface area contributed by atoms with Crippen LogP contribution in [0.4, 0.5) is 15.3 Å². The zero-order valence-electron chi connectivity index (χ0n) is 20.0. The molecule has 0 saturated heterocycles. The van der Waals surface area contributed by atoms with Crippen LogP contribution in [0.15, 0.2) is 66.7 Å². The lowest BCUT2D eigenvalue weighted by atomic mass is 9.92. The number of carbonyl (C=O) groups excluding carboxylic acids is 2. The summed E-state index contributed by atoms with van der Waals surface area (Å²) in [5.41, 5.74) is 5.58. The van der Waals surface area contributed by atoms with Crippen molar-refractivity contribution < 1.29 is 19.1 Å². The van der Waals surface area contributed by atoms with Gasteiger partial charge in [0, 0.05) is 33.9 Å². The quantitative estimate of drug-likeness (QED) is 0.319. The molecule has 8 heteroatoms. The molecule has 1 aliphatic heterocycles. The van der Waals surface area contributed by atoms with Crippen molar-refractivity contribution in [2.24, 2.45) is 0 Å². The summed E-state index contributed by atoms with van der Waals surface area (Å²) in [7, 11) is 0. The number of aromatic amines is 1. The van der Waals surface area contributed by atoms with Crippen molar-refractivity contribution in [1.29, 1.82) is 0 Å². The molecule has 4 aromatic rings. The average molecular weight is 504 g/mol. The number of aryl methyl sites for hydroxylation is 1. The second kappa shape index (κ2) is 9.95. The molecule has 1 aliphatic rings. The van der Waals surface area contributed by atoms with Crippen molar-refractivity contribution in [2.75, 3.05) is 18.5 Å². The first-order chi connectivity index (χ1) is 17.4. The van der Waals surface area contributed by atoms with E-state index in [2.05, 4.69) is 10.3 Å². The highest BCUT2D eigenvalue weighted by molar-refractivity contribution is 6.31. The van der Waals surface area contributed by atoms with Gasteiger partial charge in [-0.05, 0) is 73.9 Å². The van der Waals surface area contributed by atoms with Crippen LogP contribution in [-0.2, 0) is 11.2 Å². The van der Waals surface area contributed by atoms with Crippen molar-refractivity contribution in [2.45, 2.75) is 26.3 Å². The zero-order chi connectivity index (χ0) is 25.2. The maximum atomic E-state index is 13.4. The van der Waals surface area contributed by atoms with Crippen molar-refractivity contribution in [3.8, 4) is 5.75 Å². The number of benzene rings is 3. The summed E-state index contributed by atoms with van der Waals surface area (Å²) in [4.78, 5) is 30.4. The molecule has 0 bridgehead atoms. The molecule has 0 spiro atoms. The maximum absolute atomic E-state index is 13.4. The van der Waals surface area contributed by atoms with Crippen LogP contribution in [0.3, 0.4) is 0 Å². The van der Waals surface area contributed by atoms with Crippen LogP contribution < -0.4 is 10.1 Å². The van der Waals surface area contributed by atoms with Gasteiger partial charge < -0.3 is 14.5 Å². The minimum atomic E-state index is -0.513. The Bertz CT molecular complexity index is 1410. The highest BCUT2D eigenvalue weighted by Crippen LogP contribution is 2.39. The first kappa shape index (κ1) is 23.8. The van der Waals surface area contributed by atoms with E-state index in [0.717, 1.165) is 33.3 Å². The number of nitrogens with one attached hydrogen (secondary N) is 2. The summed E-state index contributed by atoms with van der Waals surface area (Å²) in [6, 6.07) is 20.1. The number of halogens is 1. The van der Waals surface area contributed by atoms with E-state index in [0.29, 0.717) is 29.4 Å². The minimum absolute atomic E-state index is 0.289. The van der Waals surface area contributed by atoms with Gasteiger partial charge in [-0.1, -0.05) is 41.4 Å². The summed E-state index contributed by atoms with van der Waals surface area (Å²) in [6.07, 6.45) is -0.279. The number of fused-ring (bicyclic) bond motifs is 3. The molecule has 0 aliphatic carbocycles. The van der Waals surface area contributed by atoms with Crippen LogP contribution in [-0.4, -0.2) is 35.2 Å². The van der Waals surface area contributed by atoms with E-state index in [4.69, 9.17) is 21.1 Å². The van der Waals surface area contributed by atoms with Gasteiger partial charge in [0.1, 0.15) is 11.8 Å². The van der Waals surface area contributed by atoms with Gasteiger partial charge in [0.05, 0.1) is 6.61 Å². The maximum Gasteiger partial charge on any atom is 0.416 e. The highest BCUT2D eigenvalue weighted by Gasteiger charge is 2.35. The van der Waals surface area contributed by atoms with Crippen LogP contribution in [0.1, 0.15) is 35.3 Å². The molecule has 5 rings (SSSR count). The third kappa shape index (κ3) is 4.75. The number of carbonyl (C=O) groups is 2. The SMILES string of the molecule is CCOC(=O)Nc1ccc(C2c3[nH]c4ccc(Cl)cc4c3CCN2C(=O)Oc2ccc(C)cc2)cc1. The summed E-state index contributed by atoms with van der Waals surface area (Å²) in [5, 5.41) is 4.42. The fourth-order valence-corrected chi connectivity index (χ4v) is 4.78. The second-order valence-electron chi connectivity index (χ2n) is 8.70. The Morgan fingerprint density at radius 2 is 1.83 bits per heavy atom. The fourth-order valence-electron chi connectivity index (χ4n) is 4.60. The Kier molecular flexibility index (Phi) is 6.57. The van der Waals surface area contributed by atoms with Crippen molar-refractivity contribution in [1.82, 2.24) is 9.88 Å². The molecule has 7 nitrogen and oxygen atoms in total. The largest absolute Gasteiger partial charge is 0.450 e. The third-order valence-corrected chi connectivity index (χ3v) is 6.53. The molecule has 1 unspecified atom stereocenters. The Hall–Kier alpha value is -3.97. The standard InChI is InChI=1S/C28H26ClN3O4/c1-3-35-27(33)30-20-9-6-18(7-10-20)26-25-22(23-16-19(29)8-13-24(23)31-25)14-15-32(26)28(34)36-21-11-4-17(2)5-12-21/h4-13,16,26,31H,3,14-15H2,1-2H3,(H,30,33). The number of hydrogen-bond acceptors (Lipinski definition) is 4. The van der Waals surface area contributed by atoms with Gasteiger partial charge in [0.15, 0.2) is 0 Å². The molecule has 2 heterocycles. The molecular weight excluding hydrogens is 478 g/mol. The van der Waals surface area contributed by atoms with E-state index in [1.165, 1.54) is 0 Å². The minimum Gasteiger partial charge on any atom is -0.450 e. The monoisotopic (exact) mass is 503 g/mol. The second-order valence-corrected chi connectivity index (χ2v) is 9.14. The number of amides is 2.